The van der Waals surface area contributed by atoms with Crippen molar-refractivity contribution in [3.8, 4) is 6.07 Å². The van der Waals surface area contributed by atoms with Crippen molar-refractivity contribution in [1.29, 1.82) is 5.26 Å². The van der Waals surface area contributed by atoms with Crippen LogP contribution in [0, 0.1) is 11.3 Å². The van der Waals surface area contributed by atoms with E-state index in [1.54, 1.807) is 47.4 Å². The summed E-state index contributed by atoms with van der Waals surface area (Å²) in [6.45, 7) is 0.829. The van der Waals surface area contributed by atoms with Crippen LogP contribution in [-0.4, -0.2) is 46.3 Å². The minimum absolute atomic E-state index is 0.149. The second-order valence-corrected chi connectivity index (χ2v) is 7.95. The van der Waals surface area contributed by atoms with Crippen LogP contribution in [0.15, 0.2) is 48.5 Å². The van der Waals surface area contributed by atoms with E-state index in [2.05, 4.69) is 5.32 Å². The first-order valence-corrected chi connectivity index (χ1v) is 9.98. The van der Waals surface area contributed by atoms with Crippen LogP contribution < -0.4 is 5.32 Å². The Kier molecular flexibility index (Phi) is 5.18. The number of likely N-dealkylation sites (tertiary alicyclic amines) is 1. The van der Waals surface area contributed by atoms with Crippen LogP contribution in [0.5, 0.6) is 0 Å². The normalized spacial score (nSPS) is 17.7. The quantitative estimate of drug-likeness (QED) is 0.769. The fraction of sp³-hybridized carbons (Fsp3) is 0.273. The monoisotopic (exact) mass is 422 g/mol. The van der Waals surface area contributed by atoms with E-state index in [0.29, 0.717) is 42.1 Å². The minimum Gasteiger partial charge on any atom is -0.338 e. The van der Waals surface area contributed by atoms with Crippen molar-refractivity contribution in [2.75, 3.05) is 13.1 Å². The van der Waals surface area contributed by atoms with Gasteiger partial charge in [0.05, 0.1) is 18.2 Å². The van der Waals surface area contributed by atoms with Crippen LogP contribution in [0.1, 0.15) is 34.3 Å². The molecule has 4 amide bonds. The summed E-state index contributed by atoms with van der Waals surface area (Å²) in [7, 11) is 0. The summed E-state index contributed by atoms with van der Waals surface area (Å²) < 4.78 is 0. The van der Waals surface area contributed by atoms with Gasteiger partial charge < -0.3 is 10.2 Å². The molecular weight excluding hydrogens is 404 g/mol. The second kappa shape index (κ2) is 7.81. The lowest BCUT2D eigenvalue weighted by molar-refractivity contribution is -0.133. The molecule has 2 aromatic carbocycles. The van der Waals surface area contributed by atoms with Gasteiger partial charge in [0.2, 0.25) is 0 Å². The van der Waals surface area contributed by atoms with Crippen LogP contribution in [0.25, 0.3) is 0 Å². The first kappa shape index (κ1) is 19.9. The predicted molar refractivity (Wildman–Crippen MR) is 110 cm³/mol. The van der Waals surface area contributed by atoms with Gasteiger partial charge in [0, 0.05) is 23.7 Å². The third-order valence-corrected chi connectivity index (χ3v) is 5.85. The van der Waals surface area contributed by atoms with E-state index < -0.39 is 11.6 Å². The Morgan fingerprint density at radius 2 is 1.87 bits per heavy atom. The summed E-state index contributed by atoms with van der Waals surface area (Å²) in [6, 6.07) is 15.2. The number of nitrogens with zero attached hydrogens (tertiary/aromatic N) is 3. The fourth-order valence-corrected chi connectivity index (χ4v) is 4.19. The number of nitriles is 1. The van der Waals surface area contributed by atoms with E-state index in [1.807, 2.05) is 12.1 Å². The number of halogens is 1. The van der Waals surface area contributed by atoms with Crippen LogP contribution in [0.3, 0.4) is 0 Å². The summed E-state index contributed by atoms with van der Waals surface area (Å²) in [5.74, 6) is -0.458. The minimum atomic E-state index is -0.985. The lowest BCUT2D eigenvalue weighted by Crippen LogP contribution is -2.55. The highest BCUT2D eigenvalue weighted by atomic mass is 35.5. The molecule has 2 heterocycles. The van der Waals surface area contributed by atoms with Gasteiger partial charge >= 0.3 is 6.03 Å². The Labute approximate surface area is 178 Å². The first-order chi connectivity index (χ1) is 14.4. The molecule has 2 saturated heterocycles. The Bertz CT molecular complexity index is 1070. The van der Waals surface area contributed by atoms with Gasteiger partial charge in [0.1, 0.15) is 5.54 Å². The van der Waals surface area contributed by atoms with Gasteiger partial charge in [-0.25, -0.2) is 4.79 Å². The molecule has 2 aromatic rings. The van der Waals surface area contributed by atoms with Crippen molar-refractivity contribution in [2.24, 2.45) is 0 Å². The van der Waals surface area contributed by atoms with Gasteiger partial charge in [-0.3, -0.25) is 14.5 Å². The molecular formula is C22H19ClN4O3. The van der Waals surface area contributed by atoms with E-state index in [0.717, 1.165) is 5.56 Å². The van der Waals surface area contributed by atoms with Gasteiger partial charge in [-0.2, -0.15) is 5.26 Å². The summed E-state index contributed by atoms with van der Waals surface area (Å²) in [5.41, 5.74) is 0.646. The average Bonchev–Trinajstić information content (AvgIpc) is 2.98. The average molecular weight is 423 g/mol. The highest BCUT2D eigenvalue weighted by Crippen LogP contribution is 2.31. The number of amides is 4. The van der Waals surface area contributed by atoms with Crippen LogP contribution in [0.4, 0.5) is 4.79 Å². The van der Waals surface area contributed by atoms with E-state index in [4.69, 9.17) is 16.9 Å². The van der Waals surface area contributed by atoms with Crippen molar-refractivity contribution in [2.45, 2.75) is 24.9 Å². The fourth-order valence-electron chi connectivity index (χ4n) is 3.97. The largest absolute Gasteiger partial charge is 0.338 e. The summed E-state index contributed by atoms with van der Waals surface area (Å²) in [6.07, 6.45) is 0.681. The molecule has 2 aliphatic heterocycles. The van der Waals surface area contributed by atoms with Gasteiger partial charge in [0.15, 0.2) is 0 Å². The highest BCUT2D eigenvalue weighted by molar-refractivity contribution is 6.30. The highest BCUT2D eigenvalue weighted by Gasteiger charge is 2.52. The molecule has 152 valence electrons. The third-order valence-electron chi connectivity index (χ3n) is 5.62. The molecule has 2 aliphatic rings. The number of carbonyl (C=O) groups excluding carboxylic acids is 3. The third kappa shape index (κ3) is 3.62. The Hall–Kier alpha value is -3.37. The molecule has 1 spiro atoms. The van der Waals surface area contributed by atoms with Crippen molar-refractivity contribution >= 4 is 29.4 Å². The number of imide groups is 1. The summed E-state index contributed by atoms with van der Waals surface area (Å²) in [5, 5.41) is 12.4. The molecule has 2 fully saturated rings. The van der Waals surface area contributed by atoms with Gasteiger partial charge in [0.25, 0.3) is 11.8 Å². The van der Waals surface area contributed by atoms with Crippen molar-refractivity contribution in [3.05, 3.63) is 70.2 Å². The number of urea groups is 1. The molecule has 0 atom stereocenters. The number of hydrogen-bond donors (Lipinski definition) is 1. The van der Waals surface area contributed by atoms with Gasteiger partial charge in [-0.15, -0.1) is 0 Å². The SMILES string of the molecule is N#Cc1cccc(C(=O)N2CCC3(CC2)NC(=O)N(Cc2cccc(Cl)c2)C3=O)c1. The maximum Gasteiger partial charge on any atom is 0.325 e. The van der Waals surface area contributed by atoms with Crippen LogP contribution in [-0.2, 0) is 11.3 Å². The molecule has 8 heteroatoms. The molecule has 0 aliphatic carbocycles. The molecule has 0 radical (unpaired) electrons. The number of hydrogen-bond acceptors (Lipinski definition) is 4. The summed E-state index contributed by atoms with van der Waals surface area (Å²) in [4.78, 5) is 41.2. The zero-order chi connectivity index (χ0) is 21.3. The Balaban J connectivity index is 1.44. The van der Waals surface area contributed by atoms with Crippen molar-refractivity contribution < 1.29 is 14.4 Å². The second-order valence-electron chi connectivity index (χ2n) is 7.52. The molecule has 0 bridgehead atoms. The topological polar surface area (TPSA) is 93.5 Å². The molecule has 30 heavy (non-hydrogen) atoms. The van der Waals surface area contributed by atoms with E-state index >= 15 is 0 Å². The summed E-state index contributed by atoms with van der Waals surface area (Å²) >= 11 is 6.00. The number of rotatable bonds is 3. The molecule has 1 N–H and O–H groups in total. The van der Waals surface area contributed by atoms with Gasteiger partial charge in [-0.1, -0.05) is 29.8 Å². The molecule has 0 aromatic heterocycles. The molecule has 7 nitrogen and oxygen atoms in total. The van der Waals surface area contributed by atoms with Gasteiger partial charge in [-0.05, 0) is 48.7 Å². The Morgan fingerprint density at radius 3 is 2.57 bits per heavy atom. The lowest BCUT2D eigenvalue weighted by Gasteiger charge is -2.37. The lowest BCUT2D eigenvalue weighted by atomic mass is 9.87. The van der Waals surface area contributed by atoms with Crippen LogP contribution in [0.2, 0.25) is 5.02 Å². The number of benzene rings is 2. The molecule has 0 unspecified atom stereocenters. The van der Waals surface area contributed by atoms with Crippen LogP contribution >= 0.6 is 11.6 Å². The zero-order valence-electron chi connectivity index (χ0n) is 16.1. The zero-order valence-corrected chi connectivity index (χ0v) is 16.9. The smallest absolute Gasteiger partial charge is 0.325 e. The van der Waals surface area contributed by atoms with E-state index in [9.17, 15) is 14.4 Å². The number of piperidine rings is 1. The first-order valence-electron chi connectivity index (χ1n) is 9.60. The molecule has 4 rings (SSSR count). The predicted octanol–water partition coefficient (Wildman–Crippen LogP) is 2.94. The maximum atomic E-state index is 13.1. The maximum absolute atomic E-state index is 13.1. The van der Waals surface area contributed by atoms with E-state index in [1.165, 1.54) is 4.90 Å². The van der Waals surface area contributed by atoms with Crippen molar-refractivity contribution in [1.82, 2.24) is 15.1 Å². The van der Waals surface area contributed by atoms with Crippen molar-refractivity contribution in [3.63, 3.8) is 0 Å². The number of carbonyl (C=O) groups is 3. The number of nitrogens with one attached hydrogen (secondary N) is 1. The molecule has 0 saturated carbocycles. The standard InChI is InChI=1S/C22H19ClN4O3/c23-18-6-2-4-16(12-18)14-27-20(29)22(25-21(27)30)7-9-26(10-8-22)19(28)17-5-1-3-15(11-17)13-24/h1-6,11-12H,7-10,14H2,(H,25,30). The van der Waals surface area contributed by atoms with E-state index in [-0.39, 0.29) is 18.4 Å². The Morgan fingerprint density at radius 1 is 1.13 bits per heavy atom.